The molecule has 0 rings (SSSR count). The van der Waals surface area contributed by atoms with E-state index in [0.717, 1.165) is 0 Å². The smallest absolute Gasteiger partial charge is 0.243 e. The molecule has 0 saturated heterocycles. The maximum atomic E-state index is 11.5. The van der Waals surface area contributed by atoms with Crippen molar-refractivity contribution in [1.82, 2.24) is 10.6 Å². The van der Waals surface area contributed by atoms with Crippen LogP contribution in [0.3, 0.4) is 0 Å². The molecule has 0 bridgehead atoms. The minimum atomic E-state index is -1.14. The van der Waals surface area contributed by atoms with E-state index < -0.39 is 28.9 Å². The summed E-state index contributed by atoms with van der Waals surface area (Å²) in [5, 5.41) is 3.84. The second-order valence-corrected chi connectivity index (χ2v) is 3.61. The molecular formula is C8H14N4O4S. The maximum absolute atomic E-state index is 11.5. The average Bonchev–Trinajstić information content (AvgIpc) is 2.23. The van der Waals surface area contributed by atoms with Gasteiger partial charge in [0.25, 0.3) is 0 Å². The summed E-state index contributed by atoms with van der Waals surface area (Å²) in [4.78, 5) is 43.7. The number of carbonyl (C=O) groups excluding carboxylic acids is 4. The van der Waals surface area contributed by atoms with Gasteiger partial charge >= 0.3 is 0 Å². The van der Waals surface area contributed by atoms with Crippen LogP contribution in [0.4, 0.5) is 0 Å². The van der Waals surface area contributed by atoms with Crippen molar-refractivity contribution in [3.8, 4) is 0 Å². The van der Waals surface area contributed by atoms with Crippen LogP contribution in [-0.4, -0.2) is 42.0 Å². The number of hydrogen-bond acceptors (Lipinski definition) is 5. The van der Waals surface area contributed by atoms with Crippen molar-refractivity contribution in [2.75, 3.05) is 13.1 Å². The molecule has 1 atom stereocenters. The molecule has 0 fully saturated rings. The lowest BCUT2D eigenvalue weighted by Crippen LogP contribution is -2.50. The lowest BCUT2D eigenvalue weighted by atomic mass is 10.2. The van der Waals surface area contributed by atoms with Crippen molar-refractivity contribution in [3.63, 3.8) is 0 Å². The fourth-order valence-corrected chi connectivity index (χ4v) is 1.03. The molecule has 0 saturated carbocycles. The highest BCUT2D eigenvalue weighted by Gasteiger charge is 2.22. The topological polar surface area (TPSA) is 144 Å². The molecule has 96 valence electrons. The monoisotopic (exact) mass is 262 g/mol. The number of rotatable bonds is 7. The second kappa shape index (κ2) is 7.63. The molecule has 0 aromatic carbocycles. The molecule has 0 unspecified atom stereocenters. The zero-order valence-electron chi connectivity index (χ0n) is 8.93. The Morgan fingerprint density at radius 3 is 2.24 bits per heavy atom. The fraction of sp³-hybridized carbons (Fsp3) is 0.500. The van der Waals surface area contributed by atoms with Crippen LogP contribution in [0.25, 0.3) is 0 Å². The van der Waals surface area contributed by atoms with Gasteiger partial charge in [0.2, 0.25) is 22.8 Å². The van der Waals surface area contributed by atoms with Crippen LogP contribution in [-0.2, 0) is 19.2 Å². The Hall–Kier alpha value is -1.61. The van der Waals surface area contributed by atoms with Crippen molar-refractivity contribution in [2.45, 2.75) is 12.5 Å². The number of amides is 3. The van der Waals surface area contributed by atoms with Gasteiger partial charge in [0.15, 0.2) is 0 Å². The van der Waals surface area contributed by atoms with Gasteiger partial charge in [-0.3, -0.25) is 19.2 Å². The van der Waals surface area contributed by atoms with Crippen LogP contribution >= 0.6 is 12.6 Å². The Balaban J connectivity index is 4.44. The number of thiol groups is 1. The largest absolute Gasteiger partial charge is 0.370 e. The normalized spacial score (nSPS) is 11.4. The van der Waals surface area contributed by atoms with Gasteiger partial charge in [-0.25, -0.2) is 0 Å². The van der Waals surface area contributed by atoms with Crippen molar-refractivity contribution < 1.29 is 19.2 Å². The Morgan fingerprint density at radius 1 is 1.24 bits per heavy atom. The van der Waals surface area contributed by atoms with Gasteiger partial charge in [-0.1, -0.05) is 0 Å². The summed E-state index contributed by atoms with van der Waals surface area (Å²) < 4.78 is 0. The lowest BCUT2D eigenvalue weighted by Gasteiger charge is -2.15. The quantitative estimate of drug-likeness (QED) is 0.308. The van der Waals surface area contributed by atoms with E-state index in [1.54, 1.807) is 0 Å². The zero-order chi connectivity index (χ0) is 13.4. The maximum Gasteiger partial charge on any atom is 0.243 e. The van der Waals surface area contributed by atoms with Gasteiger partial charge < -0.3 is 22.1 Å². The Labute approximate surface area is 103 Å². The Bertz CT molecular complexity index is 333. The number of carbonyl (C=O) groups is 4. The zero-order valence-corrected chi connectivity index (χ0v) is 9.83. The molecular weight excluding hydrogens is 248 g/mol. The van der Waals surface area contributed by atoms with Crippen molar-refractivity contribution in [2.24, 2.45) is 11.5 Å². The summed E-state index contributed by atoms with van der Waals surface area (Å²) in [5.74, 6) is -2.07. The van der Waals surface area contributed by atoms with E-state index in [-0.39, 0.29) is 19.5 Å². The van der Waals surface area contributed by atoms with Gasteiger partial charge in [0, 0.05) is 0 Å². The summed E-state index contributed by atoms with van der Waals surface area (Å²) in [6.07, 6.45) is -0.377. The van der Waals surface area contributed by atoms with Crippen molar-refractivity contribution in [3.05, 3.63) is 0 Å². The van der Waals surface area contributed by atoms with E-state index in [1.165, 1.54) is 0 Å². The molecule has 9 heteroatoms. The standard InChI is InChI=1S/C8H14N4O4S/c9-2-6(14)12-4(1-5(10)13)8(16)11-3-7(15)17/h4H,1-3,9H2,(H2,10,13)(H,11,16)(H,12,14)(H,15,17)/t4-/m0/s1. The predicted molar refractivity (Wildman–Crippen MR) is 61.8 cm³/mol. The molecule has 3 amide bonds. The minimum absolute atomic E-state index is 0.310. The molecule has 0 aromatic heterocycles. The third kappa shape index (κ3) is 7.30. The fourth-order valence-electron chi connectivity index (χ4n) is 0.950. The van der Waals surface area contributed by atoms with Gasteiger partial charge in [-0.15, -0.1) is 12.6 Å². The third-order valence-electron chi connectivity index (χ3n) is 1.66. The van der Waals surface area contributed by atoms with Crippen LogP contribution in [0, 0.1) is 0 Å². The molecule has 0 aliphatic rings. The van der Waals surface area contributed by atoms with E-state index in [0.29, 0.717) is 0 Å². The summed E-state index contributed by atoms with van der Waals surface area (Å²) in [6.45, 7) is -0.635. The number of primary amides is 1. The molecule has 0 radical (unpaired) electrons. The first-order valence-electron chi connectivity index (χ1n) is 4.64. The third-order valence-corrected chi connectivity index (χ3v) is 1.81. The van der Waals surface area contributed by atoms with Gasteiger partial charge in [-0.2, -0.15) is 0 Å². The van der Waals surface area contributed by atoms with Crippen molar-refractivity contribution >= 4 is 35.5 Å². The van der Waals surface area contributed by atoms with Crippen molar-refractivity contribution in [1.29, 1.82) is 0 Å². The molecule has 0 aromatic rings. The molecule has 0 heterocycles. The number of nitrogens with one attached hydrogen (secondary N) is 2. The van der Waals surface area contributed by atoms with E-state index in [1.807, 2.05) is 0 Å². The molecule has 6 N–H and O–H groups in total. The summed E-state index contributed by atoms with van der Waals surface area (Å²) in [7, 11) is 0. The number of nitrogens with two attached hydrogens (primary N) is 2. The van der Waals surface area contributed by atoms with Gasteiger partial charge in [-0.05, 0) is 0 Å². The summed E-state index contributed by atoms with van der Waals surface area (Å²) >= 11 is 3.45. The van der Waals surface area contributed by atoms with E-state index in [2.05, 4.69) is 23.3 Å². The highest BCUT2D eigenvalue weighted by atomic mass is 32.1. The second-order valence-electron chi connectivity index (χ2n) is 3.11. The van der Waals surface area contributed by atoms with E-state index in [4.69, 9.17) is 11.5 Å². The van der Waals surface area contributed by atoms with E-state index >= 15 is 0 Å². The van der Waals surface area contributed by atoms with Crippen LogP contribution in [0.5, 0.6) is 0 Å². The molecule has 0 spiro atoms. The highest BCUT2D eigenvalue weighted by Crippen LogP contribution is 1.92. The van der Waals surface area contributed by atoms with Crippen LogP contribution in [0.1, 0.15) is 6.42 Å². The van der Waals surface area contributed by atoms with Crippen LogP contribution in [0.2, 0.25) is 0 Å². The molecule has 0 aliphatic carbocycles. The first-order valence-corrected chi connectivity index (χ1v) is 5.08. The first-order chi connectivity index (χ1) is 7.86. The molecule has 17 heavy (non-hydrogen) atoms. The first kappa shape index (κ1) is 15.4. The SMILES string of the molecule is NCC(=O)N[C@@H](CC(N)=O)C(=O)NCC(=O)S. The Morgan fingerprint density at radius 2 is 1.82 bits per heavy atom. The predicted octanol–water partition coefficient (Wildman–Crippen LogP) is -3.12. The lowest BCUT2D eigenvalue weighted by molar-refractivity contribution is -0.131. The summed E-state index contributed by atoms with van der Waals surface area (Å²) in [6, 6.07) is -1.14. The summed E-state index contributed by atoms with van der Waals surface area (Å²) in [5.41, 5.74) is 9.97. The van der Waals surface area contributed by atoms with E-state index in [9.17, 15) is 19.2 Å². The molecule has 0 aliphatic heterocycles. The Kier molecular flexibility index (Phi) is 6.91. The molecule has 8 nitrogen and oxygen atoms in total. The minimum Gasteiger partial charge on any atom is -0.370 e. The number of hydrogen-bond donors (Lipinski definition) is 5. The van der Waals surface area contributed by atoms with Gasteiger partial charge in [0.1, 0.15) is 6.04 Å². The average molecular weight is 262 g/mol. The van der Waals surface area contributed by atoms with Gasteiger partial charge in [0.05, 0.1) is 19.5 Å². The van der Waals surface area contributed by atoms with Crippen LogP contribution in [0.15, 0.2) is 0 Å². The van der Waals surface area contributed by atoms with Crippen LogP contribution < -0.4 is 22.1 Å². The highest BCUT2D eigenvalue weighted by molar-refractivity contribution is 7.96.